The second-order valence-electron chi connectivity index (χ2n) is 9.03. The molecule has 0 radical (unpaired) electrons. The quantitative estimate of drug-likeness (QED) is 0.759. The van der Waals surface area contributed by atoms with Crippen molar-refractivity contribution in [1.82, 2.24) is 20.0 Å². The molecule has 3 aliphatic heterocycles. The fourth-order valence-electron chi connectivity index (χ4n) is 5.01. The van der Waals surface area contributed by atoms with Crippen LogP contribution in [0, 0.1) is 5.92 Å². The maximum Gasteiger partial charge on any atom is 0.325 e. The molecule has 1 aliphatic carbocycles. The lowest BCUT2D eigenvalue weighted by molar-refractivity contribution is -0.143. The molecule has 0 unspecified atom stereocenters. The van der Waals surface area contributed by atoms with Gasteiger partial charge >= 0.3 is 6.03 Å². The SMILES string of the molecule is CC(C)N1CCC2(CC1)NC(=O)N([C@H]1CCCN(C(=O)C3CCC3)C1)C2=O. The molecule has 0 aromatic rings. The summed E-state index contributed by atoms with van der Waals surface area (Å²) in [5.41, 5.74) is -0.733. The van der Waals surface area contributed by atoms with Gasteiger partial charge in [0.05, 0.1) is 6.04 Å². The molecule has 4 amide bonds. The minimum atomic E-state index is -0.733. The van der Waals surface area contributed by atoms with Crippen LogP contribution in [0.25, 0.3) is 0 Å². The van der Waals surface area contributed by atoms with Crippen LogP contribution in [-0.2, 0) is 9.59 Å². The number of carbonyl (C=O) groups excluding carboxylic acids is 3. The first-order chi connectivity index (χ1) is 12.9. The summed E-state index contributed by atoms with van der Waals surface area (Å²) in [5, 5.41) is 3.02. The highest BCUT2D eigenvalue weighted by Crippen LogP contribution is 2.34. The number of carbonyl (C=O) groups is 3. The fraction of sp³-hybridized carbons (Fsp3) is 0.850. The summed E-state index contributed by atoms with van der Waals surface area (Å²) in [7, 11) is 0. The first kappa shape index (κ1) is 18.7. The van der Waals surface area contributed by atoms with Crippen molar-refractivity contribution in [2.45, 2.75) is 76.4 Å². The van der Waals surface area contributed by atoms with E-state index in [4.69, 9.17) is 0 Å². The van der Waals surface area contributed by atoms with Gasteiger partial charge in [0, 0.05) is 38.1 Å². The lowest BCUT2D eigenvalue weighted by Gasteiger charge is -2.41. The Morgan fingerprint density at radius 2 is 1.78 bits per heavy atom. The molecule has 150 valence electrons. The standard InChI is InChI=1S/C20H32N4O3/c1-14(2)22-11-8-20(9-12-22)18(26)24(19(27)21-20)16-7-4-10-23(13-16)17(25)15-5-3-6-15/h14-16H,3-13H2,1-2H3,(H,21,27)/t16-/m0/s1. The van der Waals surface area contributed by atoms with Crippen molar-refractivity contribution in [3.63, 3.8) is 0 Å². The Bertz CT molecular complexity index is 623. The minimum Gasteiger partial charge on any atom is -0.340 e. The number of likely N-dealkylation sites (tertiary alicyclic amines) is 2. The van der Waals surface area contributed by atoms with Crippen LogP contribution in [0.15, 0.2) is 0 Å². The number of nitrogens with zero attached hydrogens (tertiary/aromatic N) is 3. The molecule has 27 heavy (non-hydrogen) atoms. The van der Waals surface area contributed by atoms with Gasteiger partial charge in [0.25, 0.3) is 5.91 Å². The largest absolute Gasteiger partial charge is 0.340 e. The van der Waals surface area contributed by atoms with Gasteiger partial charge in [-0.2, -0.15) is 0 Å². The first-order valence-corrected chi connectivity index (χ1v) is 10.6. The van der Waals surface area contributed by atoms with E-state index in [0.717, 1.165) is 51.7 Å². The molecule has 1 N–H and O–H groups in total. The van der Waals surface area contributed by atoms with Crippen molar-refractivity contribution in [2.24, 2.45) is 5.92 Å². The van der Waals surface area contributed by atoms with Crippen LogP contribution < -0.4 is 5.32 Å². The van der Waals surface area contributed by atoms with Crippen LogP contribution >= 0.6 is 0 Å². The van der Waals surface area contributed by atoms with Gasteiger partial charge in [-0.3, -0.25) is 14.5 Å². The fourth-order valence-corrected chi connectivity index (χ4v) is 5.01. The molecule has 0 aromatic carbocycles. The lowest BCUT2D eigenvalue weighted by Crippen LogP contribution is -2.57. The van der Waals surface area contributed by atoms with Gasteiger partial charge in [-0.1, -0.05) is 6.42 Å². The molecule has 7 nitrogen and oxygen atoms in total. The molecule has 0 bridgehead atoms. The Balaban J connectivity index is 1.43. The van der Waals surface area contributed by atoms with Crippen LogP contribution in [0.4, 0.5) is 4.79 Å². The van der Waals surface area contributed by atoms with Gasteiger partial charge in [0.1, 0.15) is 5.54 Å². The van der Waals surface area contributed by atoms with Crippen LogP contribution in [-0.4, -0.2) is 76.3 Å². The Hall–Kier alpha value is -1.63. The molecule has 0 aromatic heterocycles. The van der Waals surface area contributed by atoms with Crippen LogP contribution in [0.5, 0.6) is 0 Å². The van der Waals surface area contributed by atoms with Gasteiger partial charge in [-0.25, -0.2) is 4.79 Å². The zero-order valence-electron chi connectivity index (χ0n) is 16.6. The molecule has 1 atom stereocenters. The van der Waals surface area contributed by atoms with E-state index in [-0.39, 0.29) is 29.8 Å². The number of hydrogen-bond donors (Lipinski definition) is 1. The van der Waals surface area contributed by atoms with Crippen LogP contribution in [0.1, 0.15) is 58.8 Å². The highest BCUT2D eigenvalue weighted by atomic mass is 16.2. The third-order valence-electron chi connectivity index (χ3n) is 7.10. The van der Waals surface area contributed by atoms with Crippen molar-refractivity contribution in [2.75, 3.05) is 26.2 Å². The normalized spacial score (nSPS) is 29.4. The smallest absolute Gasteiger partial charge is 0.325 e. The topological polar surface area (TPSA) is 73.0 Å². The molecule has 4 rings (SSSR count). The van der Waals surface area contributed by atoms with Gasteiger partial charge in [-0.05, 0) is 52.4 Å². The third-order valence-corrected chi connectivity index (χ3v) is 7.10. The van der Waals surface area contributed by atoms with Crippen LogP contribution in [0.3, 0.4) is 0 Å². The molecule has 3 saturated heterocycles. The van der Waals surface area contributed by atoms with E-state index in [1.807, 2.05) is 4.90 Å². The Labute approximate surface area is 161 Å². The predicted molar refractivity (Wildman–Crippen MR) is 101 cm³/mol. The highest BCUT2D eigenvalue weighted by molar-refractivity contribution is 6.07. The number of nitrogens with one attached hydrogen (secondary N) is 1. The Morgan fingerprint density at radius 1 is 1.07 bits per heavy atom. The number of rotatable bonds is 3. The Kier molecular flexibility index (Phi) is 4.91. The average molecular weight is 377 g/mol. The van der Waals surface area contributed by atoms with E-state index >= 15 is 0 Å². The second kappa shape index (κ2) is 7.08. The van der Waals surface area contributed by atoms with Crippen molar-refractivity contribution in [3.05, 3.63) is 0 Å². The molecular weight excluding hydrogens is 344 g/mol. The molecule has 1 spiro atoms. The van der Waals surface area contributed by atoms with E-state index in [1.54, 1.807) is 0 Å². The van der Waals surface area contributed by atoms with Gasteiger partial charge in [-0.15, -0.1) is 0 Å². The van der Waals surface area contributed by atoms with Crippen molar-refractivity contribution in [1.29, 1.82) is 0 Å². The summed E-state index contributed by atoms with van der Waals surface area (Å²) in [6.07, 6.45) is 6.09. The number of urea groups is 1. The lowest BCUT2D eigenvalue weighted by atomic mass is 9.83. The van der Waals surface area contributed by atoms with E-state index < -0.39 is 5.54 Å². The summed E-state index contributed by atoms with van der Waals surface area (Å²) in [6.45, 7) is 7.24. The number of amides is 4. The monoisotopic (exact) mass is 376 g/mol. The Morgan fingerprint density at radius 3 is 2.37 bits per heavy atom. The molecular formula is C20H32N4O3. The van der Waals surface area contributed by atoms with Crippen LogP contribution in [0.2, 0.25) is 0 Å². The molecule has 1 saturated carbocycles. The minimum absolute atomic E-state index is 0.0705. The summed E-state index contributed by atoms with van der Waals surface area (Å²) < 4.78 is 0. The number of hydrogen-bond acceptors (Lipinski definition) is 4. The maximum absolute atomic E-state index is 13.3. The molecule has 4 fully saturated rings. The summed E-state index contributed by atoms with van der Waals surface area (Å²) in [6, 6.07) is 0.00815. The summed E-state index contributed by atoms with van der Waals surface area (Å²) >= 11 is 0. The number of imide groups is 1. The van der Waals surface area contributed by atoms with Crippen molar-refractivity contribution < 1.29 is 14.4 Å². The van der Waals surface area contributed by atoms with Crippen molar-refractivity contribution in [3.8, 4) is 0 Å². The summed E-state index contributed by atoms with van der Waals surface area (Å²) in [5.74, 6) is 0.315. The number of piperidine rings is 2. The zero-order chi connectivity index (χ0) is 19.2. The van der Waals surface area contributed by atoms with E-state index in [1.165, 1.54) is 4.90 Å². The first-order valence-electron chi connectivity index (χ1n) is 10.6. The highest BCUT2D eigenvalue weighted by Gasteiger charge is 2.54. The molecule has 7 heteroatoms. The van der Waals surface area contributed by atoms with Gasteiger partial charge in [0.2, 0.25) is 5.91 Å². The van der Waals surface area contributed by atoms with Gasteiger partial charge < -0.3 is 15.1 Å². The van der Waals surface area contributed by atoms with E-state index in [9.17, 15) is 14.4 Å². The average Bonchev–Trinajstić information content (AvgIpc) is 2.84. The summed E-state index contributed by atoms with van der Waals surface area (Å²) in [4.78, 5) is 44.3. The van der Waals surface area contributed by atoms with Gasteiger partial charge in [0.15, 0.2) is 0 Å². The second-order valence-corrected chi connectivity index (χ2v) is 9.03. The molecule has 4 aliphatic rings. The maximum atomic E-state index is 13.3. The third kappa shape index (κ3) is 3.24. The van der Waals surface area contributed by atoms with E-state index in [2.05, 4.69) is 24.1 Å². The van der Waals surface area contributed by atoms with Crippen molar-refractivity contribution >= 4 is 17.8 Å². The van der Waals surface area contributed by atoms with E-state index in [0.29, 0.717) is 25.4 Å². The zero-order valence-corrected chi connectivity index (χ0v) is 16.6. The predicted octanol–water partition coefficient (Wildman–Crippen LogP) is 1.57. The molecule has 3 heterocycles.